The zero-order valence-corrected chi connectivity index (χ0v) is 21.0. The van der Waals surface area contributed by atoms with Gasteiger partial charge in [0, 0.05) is 22.7 Å². The number of fused-ring (bicyclic) bond motifs is 1. The molecule has 10 nitrogen and oxygen atoms in total. The number of benzene rings is 3. The SMILES string of the molecule is CCOc1ccc(-n2c(SCC(=O)NN=Cc3cc([N+](=O)[O-])ccc3Cl)nc3ccccc3c2=O)cc1. The van der Waals surface area contributed by atoms with Crippen molar-refractivity contribution in [2.45, 2.75) is 12.1 Å². The molecule has 0 atom stereocenters. The van der Waals surface area contributed by atoms with Crippen LogP contribution in [0.25, 0.3) is 16.6 Å². The van der Waals surface area contributed by atoms with Crippen LogP contribution in [0.4, 0.5) is 5.69 Å². The number of hydrazone groups is 1. The number of non-ortho nitro benzene ring substituents is 1. The summed E-state index contributed by atoms with van der Waals surface area (Å²) in [4.78, 5) is 40.8. The van der Waals surface area contributed by atoms with E-state index in [9.17, 15) is 19.7 Å². The van der Waals surface area contributed by atoms with Crippen LogP contribution in [0.1, 0.15) is 12.5 Å². The highest BCUT2D eigenvalue weighted by atomic mass is 35.5. The highest BCUT2D eigenvalue weighted by Gasteiger charge is 2.15. The Morgan fingerprint density at radius 2 is 1.97 bits per heavy atom. The summed E-state index contributed by atoms with van der Waals surface area (Å²) in [6.45, 7) is 2.40. The van der Waals surface area contributed by atoms with Crippen molar-refractivity contribution in [1.29, 1.82) is 0 Å². The third-order valence-electron chi connectivity index (χ3n) is 5.07. The number of aromatic nitrogens is 2. The number of hydrogen-bond donors (Lipinski definition) is 1. The number of nitrogens with one attached hydrogen (secondary N) is 1. The smallest absolute Gasteiger partial charge is 0.270 e. The molecule has 1 amide bonds. The van der Waals surface area contributed by atoms with Crippen molar-refractivity contribution < 1.29 is 14.5 Å². The van der Waals surface area contributed by atoms with Gasteiger partial charge in [0.1, 0.15) is 5.75 Å². The average Bonchev–Trinajstić information content (AvgIpc) is 2.89. The third-order valence-corrected chi connectivity index (χ3v) is 6.35. The molecule has 1 N–H and O–H groups in total. The molecule has 37 heavy (non-hydrogen) atoms. The first-order valence-corrected chi connectivity index (χ1v) is 12.4. The highest BCUT2D eigenvalue weighted by molar-refractivity contribution is 7.99. The van der Waals surface area contributed by atoms with E-state index in [4.69, 9.17) is 16.3 Å². The minimum atomic E-state index is -0.552. The van der Waals surface area contributed by atoms with Gasteiger partial charge in [0.05, 0.1) is 40.1 Å². The van der Waals surface area contributed by atoms with Crippen LogP contribution in [-0.4, -0.2) is 39.0 Å². The summed E-state index contributed by atoms with van der Waals surface area (Å²) in [5.74, 6) is 0.105. The topological polar surface area (TPSA) is 129 Å². The predicted molar refractivity (Wildman–Crippen MR) is 143 cm³/mol. The molecule has 0 aliphatic rings. The number of ether oxygens (including phenoxy) is 1. The van der Waals surface area contributed by atoms with Crippen LogP contribution in [0.15, 0.2) is 81.8 Å². The molecular formula is C25H20ClN5O5S. The van der Waals surface area contributed by atoms with E-state index in [2.05, 4.69) is 15.5 Å². The Labute approximate surface area is 220 Å². The molecule has 188 valence electrons. The monoisotopic (exact) mass is 537 g/mol. The van der Waals surface area contributed by atoms with Crippen LogP contribution in [0.2, 0.25) is 5.02 Å². The average molecular weight is 538 g/mol. The van der Waals surface area contributed by atoms with Crippen LogP contribution in [-0.2, 0) is 4.79 Å². The first-order valence-electron chi connectivity index (χ1n) is 11.0. The fourth-order valence-electron chi connectivity index (χ4n) is 3.37. The second-order valence-corrected chi connectivity index (χ2v) is 8.87. The number of nitro groups is 1. The van der Waals surface area contributed by atoms with Crippen LogP contribution >= 0.6 is 23.4 Å². The molecule has 0 aliphatic heterocycles. The molecule has 0 radical (unpaired) electrons. The summed E-state index contributed by atoms with van der Waals surface area (Å²) < 4.78 is 6.93. The van der Waals surface area contributed by atoms with E-state index in [1.165, 1.54) is 29.0 Å². The van der Waals surface area contributed by atoms with Gasteiger partial charge in [-0.05, 0) is 49.4 Å². The summed E-state index contributed by atoms with van der Waals surface area (Å²) in [7, 11) is 0. The van der Waals surface area contributed by atoms with Gasteiger partial charge < -0.3 is 4.74 Å². The van der Waals surface area contributed by atoms with Gasteiger partial charge >= 0.3 is 0 Å². The number of carbonyl (C=O) groups excluding carboxylic acids is 1. The Morgan fingerprint density at radius 1 is 1.22 bits per heavy atom. The maximum Gasteiger partial charge on any atom is 0.270 e. The number of thioether (sulfide) groups is 1. The molecule has 12 heteroatoms. The van der Waals surface area contributed by atoms with E-state index in [-0.39, 0.29) is 27.6 Å². The number of rotatable bonds is 9. The van der Waals surface area contributed by atoms with Crippen molar-refractivity contribution in [3.8, 4) is 11.4 Å². The standard InChI is InChI=1S/C25H20ClN5O5S/c1-2-36-19-10-7-17(8-11-19)30-24(33)20-5-3-4-6-22(20)28-25(30)37-15-23(32)29-27-14-16-13-18(31(34)35)9-12-21(16)26/h3-14H,2,15H2,1H3,(H,29,32). The van der Waals surface area contributed by atoms with Crippen molar-refractivity contribution >= 4 is 52.1 Å². The van der Waals surface area contributed by atoms with Gasteiger partial charge in [-0.15, -0.1) is 0 Å². The van der Waals surface area contributed by atoms with Crippen LogP contribution in [0.5, 0.6) is 5.75 Å². The molecule has 3 aromatic carbocycles. The van der Waals surface area contributed by atoms with Crippen LogP contribution in [0, 0.1) is 10.1 Å². The largest absolute Gasteiger partial charge is 0.494 e. The molecule has 0 spiro atoms. The van der Waals surface area contributed by atoms with Crippen molar-refractivity contribution in [3.05, 3.63) is 97.8 Å². The molecule has 4 rings (SSSR count). The molecular weight excluding hydrogens is 518 g/mol. The fourth-order valence-corrected chi connectivity index (χ4v) is 4.35. The molecule has 0 aliphatic carbocycles. The van der Waals surface area contributed by atoms with E-state index < -0.39 is 10.8 Å². The molecule has 1 aromatic heterocycles. The summed E-state index contributed by atoms with van der Waals surface area (Å²) >= 11 is 7.11. The minimum absolute atomic E-state index is 0.0954. The number of nitrogens with zero attached hydrogens (tertiary/aromatic N) is 4. The second-order valence-electron chi connectivity index (χ2n) is 7.52. The maximum absolute atomic E-state index is 13.3. The van der Waals surface area contributed by atoms with Gasteiger partial charge in [-0.3, -0.25) is 24.3 Å². The molecule has 0 fully saturated rings. The molecule has 0 bridgehead atoms. The lowest BCUT2D eigenvalue weighted by atomic mass is 10.2. The Kier molecular flexibility index (Phi) is 8.16. The molecule has 0 unspecified atom stereocenters. The van der Waals surface area contributed by atoms with Gasteiger partial charge in [-0.2, -0.15) is 5.10 Å². The van der Waals surface area contributed by atoms with Crippen molar-refractivity contribution in [1.82, 2.24) is 15.0 Å². The minimum Gasteiger partial charge on any atom is -0.494 e. The lowest BCUT2D eigenvalue weighted by Gasteiger charge is -2.13. The van der Waals surface area contributed by atoms with E-state index in [0.717, 1.165) is 11.8 Å². The van der Waals surface area contributed by atoms with E-state index in [0.29, 0.717) is 34.1 Å². The van der Waals surface area contributed by atoms with Crippen molar-refractivity contribution in [2.24, 2.45) is 5.10 Å². The number of nitro benzene ring substituents is 1. The molecule has 0 saturated carbocycles. The number of halogens is 1. The maximum atomic E-state index is 13.3. The normalized spacial score (nSPS) is 11.1. The molecule has 0 saturated heterocycles. The summed E-state index contributed by atoms with van der Waals surface area (Å²) in [6, 6.07) is 17.9. The lowest BCUT2D eigenvalue weighted by Crippen LogP contribution is -2.24. The summed E-state index contributed by atoms with van der Waals surface area (Å²) in [6.07, 6.45) is 1.22. The van der Waals surface area contributed by atoms with Crippen molar-refractivity contribution in [2.75, 3.05) is 12.4 Å². The second kappa shape index (κ2) is 11.7. The third kappa shape index (κ3) is 6.13. The predicted octanol–water partition coefficient (Wildman–Crippen LogP) is 4.59. The Bertz CT molecular complexity index is 1560. The quantitative estimate of drug-likeness (QED) is 0.109. The Hall–Kier alpha value is -4.22. The zero-order valence-electron chi connectivity index (χ0n) is 19.5. The van der Waals surface area contributed by atoms with E-state index in [1.54, 1.807) is 48.5 Å². The van der Waals surface area contributed by atoms with Crippen molar-refractivity contribution in [3.63, 3.8) is 0 Å². The fraction of sp³-hybridized carbons (Fsp3) is 0.120. The van der Waals surface area contributed by atoms with Gasteiger partial charge in [0.25, 0.3) is 17.2 Å². The van der Waals surface area contributed by atoms with Crippen LogP contribution in [0.3, 0.4) is 0 Å². The zero-order chi connectivity index (χ0) is 26.4. The van der Waals surface area contributed by atoms with Gasteiger partial charge in [-0.1, -0.05) is 35.5 Å². The van der Waals surface area contributed by atoms with Gasteiger partial charge in [0.15, 0.2) is 5.16 Å². The van der Waals surface area contributed by atoms with E-state index in [1.807, 2.05) is 6.92 Å². The van der Waals surface area contributed by atoms with Gasteiger partial charge in [-0.25, -0.2) is 10.4 Å². The molecule has 1 heterocycles. The Balaban J connectivity index is 1.55. The first kappa shape index (κ1) is 25.9. The lowest BCUT2D eigenvalue weighted by molar-refractivity contribution is -0.384. The van der Waals surface area contributed by atoms with E-state index >= 15 is 0 Å². The highest BCUT2D eigenvalue weighted by Crippen LogP contribution is 2.23. The van der Waals surface area contributed by atoms with Crippen LogP contribution < -0.4 is 15.7 Å². The summed E-state index contributed by atoms with van der Waals surface area (Å²) in [5, 5.41) is 15.8. The molecule has 4 aromatic rings. The number of para-hydroxylation sites is 1. The summed E-state index contributed by atoms with van der Waals surface area (Å²) in [5.41, 5.74) is 3.31. The number of amides is 1. The first-order chi connectivity index (χ1) is 17.9. The number of carbonyl (C=O) groups is 1. The number of hydrogen-bond acceptors (Lipinski definition) is 8. The van der Waals surface area contributed by atoms with Gasteiger partial charge in [0.2, 0.25) is 0 Å². The Morgan fingerprint density at radius 3 is 2.70 bits per heavy atom.